The van der Waals surface area contributed by atoms with Crippen LogP contribution in [0.2, 0.25) is 0 Å². The highest BCUT2D eigenvalue weighted by molar-refractivity contribution is 5.79. The highest BCUT2D eigenvalue weighted by atomic mass is 19.1. The maximum absolute atomic E-state index is 13.9. The predicted molar refractivity (Wildman–Crippen MR) is 95.8 cm³/mol. The van der Waals surface area contributed by atoms with Crippen molar-refractivity contribution in [3.8, 4) is 0 Å². The Hall–Kier alpha value is -2.27. The molecule has 2 heterocycles. The number of carbonyl (C=O) groups excluding carboxylic acids is 1. The zero-order valence-corrected chi connectivity index (χ0v) is 14.5. The molecular weight excluding hydrogens is 334 g/mol. The van der Waals surface area contributed by atoms with Crippen molar-refractivity contribution < 1.29 is 13.6 Å². The highest BCUT2D eigenvalue weighted by Gasteiger charge is 2.44. The molecule has 2 aliphatic rings. The molecule has 0 aromatic heterocycles. The van der Waals surface area contributed by atoms with E-state index in [0.717, 1.165) is 24.9 Å². The van der Waals surface area contributed by atoms with E-state index in [1.807, 2.05) is 4.90 Å². The summed E-state index contributed by atoms with van der Waals surface area (Å²) in [4.78, 5) is 14.9. The minimum absolute atomic E-state index is 0.0356. The standard InChI is InChI=1S/C21H22F2N2O/c22-16-9-7-14(8-10-16)17-13-24-19-6-3-11-25(21(17)19)20(26)12-15-4-1-2-5-18(15)23/h1-2,4-5,7-10,17,19,21,24H,3,6,11-13H2/t17-,19-,21-/m1/s1. The summed E-state index contributed by atoms with van der Waals surface area (Å²) < 4.78 is 27.2. The summed E-state index contributed by atoms with van der Waals surface area (Å²) in [5, 5.41) is 3.52. The Bertz CT molecular complexity index is 793. The average molecular weight is 356 g/mol. The lowest BCUT2D eigenvalue weighted by atomic mass is 9.85. The monoisotopic (exact) mass is 356 g/mol. The Balaban J connectivity index is 1.57. The quantitative estimate of drug-likeness (QED) is 0.916. The van der Waals surface area contributed by atoms with E-state index in [2.05, 4.69) is 5.32 Å². The summed E-state index contributed by atoms with van der Waals surface area (Å²) in [6, 6.07) is 13.3. The number of piperidine rings is 1. The Morgan fingerprint density at radius 2 is 1.88 bits per heavy atom. The Morgan fingerprint density at radius 1 is 1.12 bits per heavy atom. The smallest absolute Gasteiger partial charge is 0.227 e. The minimum Gasteiger partial charge on any atom is -0.337 e. The number of benzene rings is 2. The molecule has 136 valence electrons. The van der Waals surface area contributed by atoms with Crippen molar-refractivity contribution in [3.05, 3.63) is 71.3 Å². The minimum atomic E-state index is -0.339. The van der Waals surface area contributed by atoms with Crippen molar-refractivity contribution in [2.45, 2.75) is 37.3 Å². The van der Waals surface area contributed by atoms with Gasteiger partial charge in [0.05, 0.1) is 12.5 Å². The Morgan fingerprint density at radius 3 is 2.65 bits per heavy atom. The van der Waals surface area contributed by atoms with Gasteiger partial charge in [-0.25, -0.2) is 8.78 Å². The molecule has 0 unspecified atom stereocenters. The van der Waals surface area contributed by atoms with Crippen molar-refractivity contribution in [2.75, 3.05) is 13.1 Å². The Kier molecular flexibility index (Phi) is 4.72. The van der Waals surface area contributed by atoms with Crippen LogP contribution in [0, 0.1) is 11.6 Å². The second-order valence-corrected chi connectivity index (χ2v) is 7.16. The first kappa shape index (κ1) is 17.2. The molecule has 0 saturated carbocycles. The van der Waals surface area contributed by atoms with E-state index in [1.165, 1.54) is 18.2 Å². The maximum atomic E-state index is 13.9. The van der Waals surface area contributed by atoms with Gasteiger partial charge < -0.3 is 10.2 Å². The molecule has 0 radical (unpaired) electrons. The van der Waals surface area contributed by atoms with Crippen molar-refractivity contribution in [1.82, 2.24) is 10.2 Å². The normalized spacial score (nSPS) is 25.2. The molecule has 0 aliphatic carbocycles. The van der Waals surface area contributed by atoms with Crippen LogP contribution in [0.25, 0.3) is 0 Å². The number of hydrogen-bond donors (Lipinski definition) is 1. The summed E-state index contributed by atoms with van der Waals surface area (Å²) in [5.74, 6) is -0.507. The van der Waals surface area contributed by atoms with Crippen LogP contribution in [0.5, 0.6) is 0 Å². The van der Waals surface area contributed by atoms with Gasteiger partial charge in [0.1, 0.15) is 11.6 Å². The lowest BCUT2D eigenvalue weighted by Crippen LogP contribution is -2.53. The van der Waals surface area contributed by atoms with Crippen LogP contribution in [0.3, 0.4) is 0 Å². The van der Waals surface area contributed by atoms with Crippen LogP contribution in [-0.2, 0) is 11.2 Å². The third-order valence-electron chi connectivity index (χ3n) is 5.62. The van der Waals surface area contributed by atoms with E-state index in [4.69, 9.17) is 0 Å². The summed E-state index contributed by atoms with van der Waals surface area (Å²) in [5.41, 5.74) is 1.47. The van der Waals surface area contributed by atoms with Crippen molar-refractivity contribution in [2.24, 2.45) is 0 Å². The topological polar surface area (TPSA) is 32.3 Å². The second-order valence-electron chi connectivity index (χ2n) is 7.16. The molecule has 3 nitrogen and oxygen atoms in total. The van der Waals surface area contributed by atoms with Crippen LogP contribution >= 0.6 is 0 Å². The molecule has 2 aliphatic heterocycles. The van der Waals surface area contributed by atoms with Crippen molar-refractivity contribution in [1.29, 1.82) is 0 Å². The van der Waals surface area contributed by atoms with Gasteiger partial charge in [0.15, 0.2) is 0 Å². The third kappa shape index (κ3) is 3.23. The lowest BCUT2D eigenvalue weighted by molar-refractivity contribution is -0.134. The first-order valence-electron chi connectivity index (χ1n) is 9.15. The van der Waals surface area contributed by atoms with Crippen LogP contribution in [-0.4, -0.2) is 36.0 Å². The molecule has 1 amide bonds. The molecule has 4 rings (SSSR count). The summed E-state index contributed by atoms with van der Waals surface area (Å²) >= 11 is 0. The van der Waals surface area contributed by atoms with Crippen LogP contribution in [0.1, 0.15) is 29.9 Å². The Labute approximate surface area is 152 Å². The number of halogens is 2. The van der Waals surface area contributed by atoms with Gasteiger partial charge >= 0.3 is 0 Å². The molecule has 2 saturated heterocycles. The van der Waals surface area contributed by atoms with Crippen LogP contribution < -0.4 is 5.32 Å². The second kappa shape index (κ2) is 7.16. The van der Waals surface area contributed by atoms with Crippen LogP contribution in [0.15, 0.2) is 48.5 Å². The van der Waals surface area contributed by atoms with E-state index in [9.17, 15) is 13.6 Å². The molecule has 0 bridgehead atoms. The summed E-state index contributed by atoms with van der Waals surface area (Å²) in [6.45, 7) is 1.46. The predicted octanol–water partition coefficient (Wildman–Crippen LogP) is 3.25. The SMILES string of the molecule is O=C(Cc1ccccc1F)N1CCC[C@H]2NC[C@H](c3ccc(F)cc3)[C@H]21. The number of amides is 1. The zero-order chi connectivity index (χ0) is 18.1. The first-order valence-corrected chi connectivity index (χ1v) is 9.15. The number of rotatable bonds is 3. The molecular formula is C21H22F2N2O. The number of fused-ring (bicyclic) bond motifs is 1. The fraction of sp³-hybridized carbons (Fsp3) is 0.381. The number of hydrogen-bond acceptors (Lipinski definition) is 2. The largest absolute Gasteiger partial charge is 0.337 e. The van der Waals surface area contributed by atoms with Gasteiger partial charge in [0.25, 0.3) is 0 Å². The zero-order valence-electron chi connectivity index (χ0n) is 14.5. The molecule has 26 heavy (non-hydrogen) atoms. The third-order valence-corrected chi connectivity index (χ3v) is 5.62. The number of nitrogens with one attached hydrogen (secondary N) is 1. The summed E-state index contributed by atoms with van der Waals surface area (Å²) in [7, 11) is 0. The molecule has 3 atom stereocenters. The van der Waals surface area contributed by atoms with E-state index in [-0.39, 0.29) is 42.0 Å². The van der Waals surface area contributed by atoms with E-state index in [1.54, 1.807) is 30.3 Å². The fourth-order valence-corrected chi connectivity index (χ4v) is 4.36. The average Bonchev–Trinajstić information content (AvgIpc) is 3.08. The fourth-order valence-electron chi connectivity index (χ4n) is 4.36. The molecule has 2 fully saturated rings. The number of likely N-dealkylation sites (tertiary alicyclic amines) is 1. The molecule has 5 heteroatoms. The molecule has 0 spiro atoms. The molecule has 2 aromatic carbocycles. The van der Waals surface area contributed by atoms with Gasteiger partial charge in [-0.05, 0) is 42.2 Å². The van der Waals surface area contributed by atoms with Crippen LogP contribution in [0.4, 0.5) is 8.78 Å². The molecule has 1 N–H and O–H groups in total. The maximum Gasteiger partial charge on any atom is 0.227 e. The number of nitrogens with zero attached hydrogens (tertiary/aromatic N) is 1. The number of carbonyl (C=O) groups is 1. The van der Waals surface area contributed by atoms with Gasteiger partial charge in [-0.15, -0.1) is 0 Å². The van der Waals surface area contributed by atoms with Gasteiger partial charge in [-0.3, -0.25) is 4.79 Å². The van der Waals surface area contributed by atoms with E-state index >= 15 is 0 Å². The van der Waals surface area contributed by atoms with Gasteiger partial charge in [0.2, 0.25) is 5.91 Å². The van der Waals surface area contributed by atoms with Crippen molar-refractivity contribution in [3.63, 3.8) is 0 Å². The highest BCUT2D eigenvalue weighted by Crippen LogP contribution is 2.35. The summed E-state index contributed by atoms with van der Waals surface area (Å²) in [6.07, 6.45) is 2.03. The van der Waals surface area contributed by atoms with E-state index in [0.29, 0.717) is 12.1 Å². The van der Waals surface area contributed by atoms with Gasteiger partial charge in [0, 0.05) is 25.0 Å². The van der Waals surface area contributed by atoms with Crippen molar-refractivity contribution >= 4 is 5.91 Å². The lowest BCUT2D eigenvalue weighted by Gasteiger charge is -2.40. The van der Waals surface area contributed by atoms with Gasteiger partial charge in [-0.1, -0.05) is 30.3 Å². The van der Waals surface area contributed by atoms with E-state index < -0.39 is 0 Å². The van der Waals surface area contributed by atoms with Gasteiger partial charge in [-0.2, -0.15) is 0 Å². The first-order chi connectivity index (χ1) is 12.6. The molecule has 2 aromatic rings.